The number of carbonyl (C=O) groups is 1. The molecule has 0 aromatic heterocycles. The van der Waals surface area contributed by atoms with Crippen molar-refractivity contribution in [1.82, 2.24) is 0 Å². The van der Waals surface area contributed by atoms with E-state index in [1.807, 2.05) is 7.05 Å². The van der Waals surface area contributed by atoms with Crippen LogP contribution in [-0.4, -0.2) is 13.0 Å². The van der Waals surface area contributed by atoms with Crippen molar-refractivity contribution in [3.05, 3.63) is 29.3 Å². The minimum atomic E-state index is 0.228. The summed E-state index contributed by atoms with van der Waals surface area (Å²) in [6, 6.07) is 6.60. The maximum atomic E-state index is 11.7. The van der Waals surface area contributed by atoms with Crippen molar-refractivity contribution in [2.75, 3.05) is 11.9 Å². The number of fused-ring (bicyclic) bond motifs is 1. The number of rotatable bonds is 2. The zero-order valence-corrected chi connectivity index (χ0v) is 12.9. The number of benzene rings is 1. The minimum absolute atomic E-state index is 0.228. The lowest BCUT2D eigenvalue weighted by Crippen LogP contribution is -2.31. The van der Waals surface area contributed by atoms with E-state index < -0.39 is 0 Å². The Morgan fingerprint density at radius 2 is 2.00 bits per heavy atom. The molecule has 2 aliphatic rings. The largest absolute Gasteiger partial charge is 0.315 e. The van der Waals surface area contributed by atoms with Crippen molar-refractivity contribution >= 4 is 27.5 Å². The average Bonchev–Trinajstić information content (AvgIpc) is 2.96. The number of aryl methyl sites for hydroxylation is 1. The molecule has 1 amide bonds. The summed E-state index contributed by atoms with van der Waals surface area (Å²) >= 11 is 3.89. The molecule has 0 saturated heterocycles. The van der Waals surface area contributed by atoms with Crippen LogP contribution in [0.3, 0.4) is 0 Å². The smallest absolute Gasteiger partial charge is 0.227 e. The van der Waals surface area contributed by atoms with Gasteiger partial charge in [0.15, 0.2) is 0 Å². The number of hydrogen-bond donors (Lipinski definition) is 0. The molecule has 1 aliphatic heterocycles. The van der Waals surface area contributed by atoms with Gasteiger partial charge in [0.05, 0.1) is 0 Å². The summed E-state index contributed by atoms with van der Waals surface area (Å²) in [5.74, 6) is 1.01. The molecule has 1 saturated carbocycles. The maximum absolute atomic E-state index is 11.7. The van der Waals surface area contributed by atoms with Gasteiger partial charge in [-0.15, -0.1) is 0 Å². The van der Waals surface area contributed by atoms with Crippen LogP contribution in [-0.2, 0) is 11.2 Å². The van der Waals surface area contributed by atoms with E-state index in [0.29, 0.717) is 11.2 Å². The molecule has 102 valence electrons. The molecule has 3 rings (SSSR count). The van der Waals surface area contributed by atoms with Gasteiger partial charge in [-0.05, 0) is 42.4 Å². The summed E-state index contributed by atoms with van der Waals surface area (Å²) < 4.78 is 0. The van der Waals surface area contributed by atoms with Crippen molar-refractivity contribution in [3.63, 3.8) is 0 Å². The fourth-order valence-electron chi connectivity index (χ4n) is 3.37. The van der Waals surface area contributed by atoms with E-state index in [0.717, 1.165) is 18.0 Å². The van der Waals surface area contributed by atoms with Crippen molar-refractivity contribution in [3.8, 4) is 0 Å². The van der Waals surface area contributed by atoms with E-state index in [4.69, 9.17) is 0 Å². The number of alkyl halides is 1. The highest BCUT2D eigenvalue weighted by molar-refractivity contribution is 9.09. The molecule has 1 aromatic carbocycles. The molecule has 1 heterocycles. The number of hydrogen-bond acceptors (Lipinski definition) is 1. The Morgan fingerprint density at radius 3 is 2.74 bits per heavy atom. The molecule has 1 atom stereocenters. The fraction of sp³-hybridized carbons (Fsp3) is 0.562. The lowest BCUT2D eigenvalue weighted by atomic mass is 9.93. The van der Waals surface area contributed by atoms with Crippen LogP contribution in [0, 0.1) is 5.92 Å². The molecule has 3 heteroatoms. The zero-order valence-electron chi connectivity index (χ0n) is 11.4. The molecule has 1 fully saturated rings. The second kappa shape index (κ2) is 5.28. The third-order valence-electron chi connectivity index (χ3n) is 4.58. The van der Waals surface area contributed by atoms with Gasteiger partial charge >= 0.3 is 0 Å². The quantitative estimate of drug-likeness (QED) is 0.747. The normalized spacial score (nSPS) is 21.6. The number of amides is 1. The molecule has 0 N–H and O–H groups in total. The highest BCUT2D eigenvalue weighted by atomic mass is 79.9. The zero-order chi connectivity index (χ0) is 13.4. The van der Waals surface area contributed by atoms with Crippen molar-refractivity contribution in [2.45, 2.75) is 43.4 Å². The Morgan fingerprint density at radius 1 is 1.26 bits per heavy atom. The van der Waals surface area contributed by atoms with Crippen LogP contribution < -0.4 is 4.90 Å². The van der Waals surface area contributed by atoms with E-state index >= 15 is 0 Å². The third kappa shape index (κ3) is 2.45. The van der Waals surface area contributed by atoms with Gasteiger partial charge in [-0.1, -0.05) is 40.9 Å². The fourth-order valence-corrected chi connectivity index (χ4v) is 4.18. The Balaban J connectivity index is 1.87. The van der Waals surface area contributed by atoms with Crippen LogP contribution in [0.4, 0.5) is 5.69 Å². The maximum Gasteiger partial charge on any atom is 0.227 e. The summed E-state index contributed by atoms with van der Waals surface area (Å²) in [6.45, 7) is 0. The first-order valence-electron chi connectivity index (χ1n) is 7.20. The van der Waals surface area contributed by atoms with Crippen LogP contribution >= 0.6 is 15.9 Å². The first-order chi connectivity index (χ1) is 9.16. The Hall–Kier alpha value is -0.830. The first-order valence-corrected chi connectivity index (χ1v) is 8.12. The molecule has 1 aliphatic carbocycles. The van der Waals surface area contributed by atoms with Crippen LogP contribution in [0.15, 0.2) is 18.2 Å². The van der Waals surface area contributed by atoms with Crippen LogP contribution in [0.25, 0.3) is 0 Å². The third-order valence-corrected chi connectivity index (χ3v) is 5.86. The first kappa shape index (κ1) is 13.2. The monoisotopic (exact) mass is 321 g/mol. The van der Waals surface area contributed by atoms with Gasteiger partial charge in [0.1, 0.15) is 0 Å². The van der Waals surface area contributed by atoms with E-state index in [9.17, 15) is 4.79 Å². The topological polar surface area (TPSA) is 20.3 Å². The van der Waals surface area contributed by atoms with Crippen molar-refractivity contribution in [2.24, 2.45) is 5.92 Å². The van der Waals surface area contributed by atoms with Crippen LogP contribution in [0.2, 0.25) is 0 Å². The van der Waals surface area contributed by atoms with Crippen LogP contribution in [0.1, 0.15) is 48.1 Å². The number of nitrogens with zero attached hydrogens (tertiary/aromatic N) is 1. The molecule has 0 radical (unpaired) electrons. The van der Waals surface area contributed by atoms with Gasteiger partial charge in [0.2, 0.25) is 5.91 Å². The summed E-state index contributed by atoms with van der Waals surface area (Å²) in [4.78, 5) is 14.0. The van der Waals surface area contributed by atoms with E-state index in [1.54, 1.807) is 4.90 Å². The number of carbonyl (C=O) groups excluding carboxylic acids is 1. The molecule has 2 nitrogen and oxygen atoms in total. The summed E-state index contributed by atoms with van der Waals surface area (Å²) in [7, 11) is 1.88. The van der Waals surface area contributed by atoms with Gasteiger partial charge in [-0.3, -0.25) is 4.79 Å². The van der Waals surface area contributed by atoms with Gasteiger partial charge in [-0.2, -0.15) is 0 Å². The lowest BCUT2D eigenvalue weighted by Gasteiger charge is -2.27. The minimum Gasteiger partial charge on any atom is -0.315 e. The summed E-state index contributed by atoms with van der Waals surface area (Å²) in [5, 5.41) is 0. The van der Waals surface area contributed by atoms with Crippen LogP contribution in [0.5, 0.6) is 0 Å². The second-order valence-corrected chi connectivity index (χ2v) is 6.77. The summed E-state index contributed by atoms with van der Waals surface area (Å²) in [5.41, 5.74) is 3.79. The average molecular weight is 322 g/mol. The Bertz CT molecular complexity index is 494. The molecule has 0 bridgehead atoms. The van der Waals surface area contributed by atoms with E-state index in [2.05, 4.69) is 34.1 Å². The second-order valence-electron chi connectivity index (χ2n) is 5.79. The number of anilines is 1. The lowest BCUT2D eigenvalue weighted by molar-refractivity contribution is -0.118. The van der Waals surface area contributed by atoms with Gasteiger partial charge in [0.25, 0.3) is 0 Å². The Labute approximate surface area is 123 Å². The highest BCUT2D eigenvalue weighted by Gasteiger charge is 2.26. The van der Waals surface area contributed by atoms with E-state index in [-0.39, 0.29) is 5.91 Å². The number of halogens is 1. The molecule has 1 unspecified atom stereocenters. The molecule has 1 aromatic rings. The Kier molecular flexibility index (Phi) is 3.66. The molecule has 0 spiro atoms. The predicted octanol–water partition coefficient (Wildman–Crippen LogP) is 4.22. The molecular formula is C16H20BrNO. The highest BCUT2D eigenvalue weighted by Crippen LogP contribution is 2.42. The van der Waals surface area contributed by atoms with E-state index in [1.165, 1.54) is 36.8 Å². The SMILES string of the molecule is CN1C(=O)CCc2cc(C(Br)C3CCCC3)ccc21. The molecule has 19 heavy (non-hydrogen) atoms. The summed E-state index contributed by atoms with van der Waals surface area (Å²) in [6.07, 6.45) is 6.95. The van der Waals surface area contributed by atoms with Gasteiger partial charge in [-0.25, -0.2) is 0 Å². The predicted molar refractivity (Wildman–Crippen MR) is 81.8 cm³/mol. The van der Waals surface area contributed by atoms with Crippen molar-refractivity contribution < 1.29 is 4.79 Å². The van der Waals surface area contributed by atoms with Gasteiger partial charge in [0, 0.05) is 24.0 Å². The van der Waals surface area contributed by atoms with Gasteiger partial charge < -0.3 is 4.90 Å². The van der Waals surface area contributed by atoms with Crippen molar-refractivity contribution in [1.29, 1.82) is 0 Å². The molecular weight excluding hydrogens is 302 g/mol. The standard InChI is InChI=1S/C16H20BrNO/c1-18-14-8-6-13(10-12(14)7-9-15(18)19)16(17)11-4-2-3-5-11/h6,8,10-11,16H,2-5,7,9H2,1H3.